The second-order valence-corrected chi connectivity index (χ2v) is 5.76. The maximum Gasteiger partial charge on any atom is 0.303 e. The van der Waals surface area contributed by atoms with Gasteiger partial charge in [-0.3, -0.25) is 9.59 Å². The van der Waals surface area contributed by atoms with Crippen LogP contribution in [0.5, 0.6) is 0 Å². The van der Waals surface area contributed by atoms with E-state index in [1.807, 2.05) is 36.4 Å². The molecule has 2 N–H and O–H groups in total. The summed E-state index contributed by atoms with van der Waals surface area (Å²) in [5.41, 5.74) is 2.67. The van der Waals surface area contributed by atoms with E-state index in [-0.39, 0.29) is 12.2 Å². The van der Waals surface area contributed by atoms with Gasteiger partial charge in [0.1, 0.15) is 0 Å². The predicted octanol–water partition coefficient (Wildman–Crippen LogP) is 4.11. The van der Waals surface area contributed by atoms with Crippen LogP contribution in [0.3, 0.4) is 0 Å². The van der Waals surface area contributed by atoms with Gasteiger partial charge in [0.2, 0.25) is 0 Å². The summed E-state index contributed by atoms with van der Waals surface area (Å²) in [4.78, 5) is 22.8. The highest BCUT2D eigenvalue weighted by Crippen LogP contribution is 2.33. The summed E-state index contributed by atoms with van der Waals surface area (Å²) >= 11 is 0. The zero-order valence-electron chi connectivity index (χ0n) is 12.8. The topological polar surface area (TPSA) is 66.4 Å². The van der Waals surface area contributed by atoms with E-state index >= 15 is 0 Å². The summed E-state index contributed by atoms with van der Waals surface area (Å²) in [6, 6.07) is 10.0. The normalized spacial score (nSPS) is 12.6. The molecule has 0 heterocycles. The van der Waals surface area contributed by atoms with Crippen LogP contribution in [0.15, 0.2) is 36.4 Å². The Morgan fingerprint density at radius 2 is 1.91 bits per heavy atom. The van der Waals surface area contributed by atoms with Gasteiger partial charge in [0.15, 0.2) is 5.78 Å². The van der Waals surface area contributed by atoms with Crippen molar-refractivity contribution in [3.8, 4) is 0 Å². The van der Waals surface area contributed by atoms with E-state index in [0.29, 0.717) is 6.42 Å². The minimum absolute atomic E-state index is 0.0303. The third-order valence-electron chi connectivity index (χ3n) is 4.12. The summed E-state index contributed by atoms with van der Waals surface area (Å²) in [5.74, 6) is -0.718. The van der Waals surface area contributed by atoms with Crippen LogP contribution in [0.1, 0.15) is 41.6 Å². The molecule has 118 valence electrons. The first-order valence-corrected chi connectivity index (χ1v) is 7.90. The smallest absolute Gasteiger partial charge is 0.303 e. The number of benzene rings is 2. The lowest BCUT2D eigenvalue weighted by Gasteiger charge is -2.17. The maximum absolute atomic E-state index is 12.3. The first-order chi connectivity index (χ1) is 11.2. The highest BCUT2D eigenvalue weighted by Gasteiger charge is 2.18. The van der Waals surface area contributed by atoms with Gasteiger partial charge >= 0.3 is 5.97 Å². The first kappa shape index (κ1) is 15.3. The van der Waals surface area contributed by atoms with Crippen molar-refractivity contribution in [2.24, 2.45) is 0 Å². The van der Waals surface area contributed by atoms with E-state index in [2.05, 4.69) is 5.32 Å². The van der Waals surface area contributed by atoms with Gasteiger partial charge in [-0.15, -0.1) is 0 Å². The van der Waals surface area contributed by atoms with E-state index in [0.717, 1.165) is 47.0 Å². The van der Waals surface area contributed by atoms with Gasteiger partial charge < -0.3 is 10.4 Å². The number of carbonyl (C=O) groups is 2. The van der Waals surface area contributed by atoms with Crippen molar-refractivity contribution in [1.29, 1.82) is 0 Å². The second-order valence-electron chi connectivity index (χ2n) is 5.76. The molecule has 0 saturated carbocycles. The molecule has 4 heteroatoms. The molecule has 2 aromatic rings. The van der Waals surface area contributed by atoms with Gasteiger partial charge in [-0.25, -0.2) is 0 Å². The van der Waals surface area contributed by atoms with Gasteiger partial charge in [-0.05, 0) is 35.9 Å². The van der Waals surface area contributed by atoms with Crippen molar-refractivity contribution in [3.63, 3.8) is 0 Å². The third-order valence-corrected chi connectivity index (χ3v) is 4.12. The first-order valence-electron chi connectivity index (χ1n) is 7.90. The maximum atomic E-state index is 12.3. The molecule has 0 fully saturated rings. The molecular formula is C19H19NO3. The molecule has 0 spiro atoms. The van der Waals surface area contributed by atoms with Crippen LogP contribution in [-0.2, 0) is 4.79 Å². The minimum atomic E-state index is -0.748. The van der Waals surface area contributed by atoms with Gasteiger partial charge in [-0.2, -0.15) is 0 Å². The van der Waals surface area contributed by atoms with Crippen LogP contribution in [0, 0.1) is 0 Å². The number of anilines is 1. The molecule has 4 nitrogen and oxygen atoms in total. The Hall–Kier alpha value is -2.62. The largest absolute Gasteiger partial charge is 0.481 e. The van der Waals surface area contributed by atoms with E-state index in [4.69, 9.17) is 5.11 Å². The number of allylic oxidation sites excluding steroid dienone is 1. The Labute approximate surface area is 134 Å². The number of carboxylic acids is 1. The van der Waals surface area contributed by atoms with Crippen LogP contribution in [0.2, 0.25) is 0 Å². The second kappa shape index (κ2) is 6.65. The Kier molecular flexibility index (Phi) is 4.42. The molecule has 2 aromatic carbocycles. The fraction of sp³-hybridized carbons (Fsp3) is 0.263. The van der Waals surface area contributed by atoms with E-state index in [1.54, 1.807) is 6.08 Å². The average Bonchev–Trinajstić information content (AvgIpc) is 2.54. The van der Waals surface area contributed by atoms with Crippen molar-refractivity contribution in [1.82, 2.24) is 0 Å². The molecule has 0 aromatic heterocycles. The molecule has 0 atom stereocenters. The highest BCUT2D eigenvalue weighted by molar-refractivity contribution is 6.23. The summed E-state index contributed by atoms with van der Waals surface area (Å²) in [7, 11) is 0. The number of nitrogens with one attached hydrogen (secondary N) is 1. The Bertz CT molecular complexity index is 793. The lowest BCUT2D eigenvalue weighted by molar-refractivity contribution is -0.137. The Morgan fingerprint density at radius 3 is 2.74 bits per heavy atom. The van der Waals surface area contributed by atoms with Gasteiger partial charge in [-0.1, -0.05) is 36.8 Å². The fourth-order valence-electron chi connectivity index (χ4n) is 3.00. The third kappa shape index (κ3) is 3.26. The van der Waals surface area contributed by atoms with Crippen LogP contribution < -0.4 is 5.32 Å². The zero-order valence-corrected chi connectivity index (χ0v) is 12.8. The lowest BCUT2D eigenvalue weighted by atomic mass is 9.91. The molecule has 3 rings (SSSR count). The fourth-order valence-corrected chi connectivity index (χ4v) is 3.00. The SMILES string of the molecule is O=C(O)CCCCCNc1ccc2cccc3c2c1C(=O)C=C3. The Morgan fingerprint density at radius 1 is 1.04 bits per heavy atom. The quantitative estimate of drug-likeness (QED) is 0.755. The predicted molar refractivity (Wildman–Crippen MR) is 91.9 cm³/mol. The molecular weight excluding hydrogens is 290 g/mol. The highest BCUT2D eigenvalue weighted by atomic mass is 16.4. The molecule has 0 unspecified atom stereocenters. The van der Waals surface area contributed by atoms with E-state index in [1.165, 1.54) is 0 Å². The molecule has 1 aliphatic rings. The zero-order chi connectivity index (χ0) is 16.2. The number of unbranched alkanes of at least 4 members (excludes halogenated alkanes) is 2. The number of hydrogen-bond donors (Lipinski definition) is 2. The van der Waals surface area contributed by atoms with Crippen molar-refractivity contribution in [3.05, 3.63) is 47.5 Å². The monoisotopic (exact) mass is 309 g/mol. The molecule has 23 heavy (non-hydrogen) atoms. The molecule has 0 aliphatic heterocycles. The van der Waals surface area contributed by atoms with Crippen LogP contribution in [0.25, 0.3) is 16.8 Å². The van der Waals surface area contributed by atoms with Gasteiger partial charge in [0, 0.05) is 24.0 Å². The average molecular weight is 309 g/mol. The van der Waals surface area contributed by atoms with Crippen molar-refractivity contribution < 1.29 is 14.7 Å². The van der Waals surface area contributed by atoms with Crippen molar-refractivity contribution >= 4 is 34.3 Å². The standard InChI is InChI=1S/C19H19NO3/c21-16-11-9-14-6-4-5-13-8-10-15(19(16)18(13)14)20-12-3-1-2-7-17(22)23/h4-6,8-11,20H,1-3,7,12H2,(H,22,23). The summed E-state index contributed by atoms with van der Waals surface area (Å²) in [5, 5.41) is 14.0. The number of rotatable bonds is 7. The lowest BCUT2D eigenvalue weighted by Crippen LogP contribution is -2.10. The number of carbonyl (C=O) groups excluding carboxylic acids is 1. The summed E-state index contributed by atoms with van der Waals surface area (Å²) < 4.78 is 0. The van der Waals surface area contributed by atoms with E-state index in [9.17, 15) is 9.59 Å². The van der Waals surface area contributed by atoms with Crippen molar-refractivity contribution in [2.75, 3.05) is 11.9 Å². The summed E-state index contributed by atoms with van der Waals surface area (Å²) in [6.07, 6.45) is 6.14. The molecule has 0 bridgehead atoms. The van der Waals surface area contributed by atoms with Gasteiger partial charge in [0.05, 0.1) is 5.56 Å². The van der Waals surface area contributed by atoms with Crippen LogP contribution in [-0.4, -0.2) is 23.4 Å². The number of aliphatic carboxylic acids is 1. The number of hydrogen-bond acceptors (Lipinski definition) is 3. The van der Waals surface area contributed by atoms with Gasteiger partial charge in [0.25, 0.3) is 0 Å². The summed E-state index contributed by atoms with van der Waals surface area (Å²) in [6.45, 7) is 0.733. The van der Waals surface area contributed by atoms with Crippen LogP contribution in [0.4, 0.5) is 5.69 Å². The minimum Gasteiger partial charge on any atom is -0.481 e. The molecule has 0 saturated heterocycles. The molecule has 0 radical (unpaired) electrons. The number of ketones is 1. The molecule has 0 amide bonds. The Balaban J connectivity index is 1.73. The van der Waals surface area contributed by atoms with Crippen molar-refractivity contribution in [2.45, 2.75) is 25.7 Å². The van der Waals surface area contributed by atoms with Crippen LogP contribution >= 0.6 is 0 Å². The van der Waals surface area contributed by atoms with E-state index < -0.39 is 5.97 Å². The number of carboxylic acid groups (broad SMARTS) is 1. The molecule has 1 aliphatic carbocycles.